The van der Waals surface area contributed by atoms with E-state index in [2.05, 4.69) is 21.5 Å². The molecule has 0 atom stereocenters. The Balaban J connectivity index is 1.33. The standard InChI is InChI=1S/C20H21N3O3/c1-2-6-18(7-3-1)25-13-19-9-17(23-26-19)10-20(14-24-15-20)22-12-16-5-4-8-21-11-16/h1-9,11,22H,10,12-15H2. The van der Waals surface area contributed by atoms with E-state index in [-0.39, 0.29) is 5.54 Å². The summed E-state index contributed by atoms with van der Waals surface area (Å²) in [6, 6.07) is 15.6. The van der Waals surface area contributed by atoms with Gasteiger partial charge in [0.2, 0.25) is 0 Å². The molecule has 26 heavy (non-hydrogen) atoms. The molecule has 1 fully saturated rings. The Morgan fingerprint density at radius 2 is 2.00 bits per heavy atom. The fourth-order valence-electron chi connectivity index (χ4n) is 2.93. The summed E-state index contributed by atoms with van der Waals surface area (Å²) in [5, 5.41) is 7.77. The van der Waals surface area contributed by atoms with E-state index < -0.39 is 0 Å². The van der Waals surface area contributed by atoms with E-state index >= 15 is 0 Å². The van der Waals surface area contributed by atoms with E-state index in [0.717, 1.165) is 30.0 Å². The number of hydrogen-bond acceptors (Lipinski definition) is 6. The lowest BCUT2D eigenvalue weighted by molar-refractivity contribution is -0.0755. The summed E-state index contributed by atoms with van der Waals surface area (Å²) in [5.74, 6) is 1.53. The van der Waals surface area contributed by atoms with Gasteiger partial charge in [-0.2, -0.15) is 0 Å². The van der Waals surface area contributed by atoms with Crippen LogP contribution < -0.4 is 10.1 Å². The zero-order chi connectivity index (χ0) is 17.7. The number of nitrogens with zero attached hydrogens (tertiary/aromatic N) is 2. The minimum absolute atomic E-state index is 0.107. The first kappa shape index (κ1) is 16.8. The fraction of sp³-hybridized carbons (Fsp3) is 0.300. The summed E-state index contributed by atoms with van der Waals surface area (Å²) in [5.41, 5.74) is 1.94. The molecule has 0 unspecified atom stereocenters. The number of benzene rings is 1. The monoisotopic (exact) mass is 351 g/mol. The molecular formula is C20H21N3O3. The van der Waals surface area contributed by atoms with Crippen molar-refractivity contribution in [1.29, 1.82) is 0 Å². The van der Waals surface area contributed by atoms with Crippen LogP contribution in [0.1, 0.15) is 17.0 Å². The highest BCUT2D eigenvalue weighted by Gasteiger charge is 2.39. The maximum absolute atomic E-state index is 5.70. The van der Waals surface area contributed by atoms with Gasteiger partial charge in [-0.15, -0.1) is 0 Å². The highest BCUT2D eigenvalue weighted by molar-refractivity contribution is 5.21. The van der Waals surface area contributed by atoms with Gasteiger partial charge in [-0.1, -0.05) is 29.4 Å². The van der Waals surface area contributed by atoms with Gasteiger partial charge in [-0.05, 0) is 23.8 Å². The lowest BCUT2D eigenvalue weighted by Crippen LogP contribution is -2.61. The van der Waals surface area contributed by atoms with Crippen molar-refractivity contribution >= 4 is 0 Å². The molecule has 4 rings (SSSR count). The molecule has 0 bridgehead atoms. The Kier molecular flexibility index (Phi) is 4.95. The predicted octanol–water partition coefficient (Wildman–Crippen LogP) is 2.75. The van der Waals surface area contributed by atoms with Gasteiger partial charge >= 0.3 is 0 Å². The van der Waals surface area contributed by atoms with E-state index in [0.29, 0.717) is 25.6 Å². The number of ether oxygens (including phenoxy) is 2. The molecule has 3 heterocycles. The van der Waals surface area contributed by atoms with E-state index in [1.165, 1.54) is 0 Å². The average Bonchev–Trinajstić information content (AvgIpc) is 3.11. The van der Waals surface area contributed by atoms with Gasteiger partial charge in [0.15, 0.2) is 5.76 Å². The van der Waals surface area contributed by atoms with Crippen molar-refractivity contribution in [2.45, 2.75) is 25.1 Å². The number of hydrogen-bond donors (Lipinski definition) is 1. The summed E-state index contributed by atoms with van der Waals surface area (Å²) < 4.78 is 16.6. The first-order valence-electron chi connectivity index (χ1n) is 8.65. The zero-order valence-corrected chi connectivity index (χ0v) is 14.4. The number of aromatic nitrogens is 2. The van der Waals surface area contributed by atoms with Crippen LogP contribution in [0.5, 0.6) is 5.75 Å². The Hall–Kier alpha value is -2.70. The number of rotatable bonds is 8. The second kappa shape index (κ2) is 7.68. The molecular weight excluding hydrogens is 330 g/mol. The molecule has 1 aliphatic heterocycles. The lowest BCUT2D eigenvalue weighted by Gasteiger charge is -2.42. The summed E-state index contributed by atoms with van der Waals surface area (Å²) >= 11 is 0. The Bertz CT molecular complexity index is 817. The summed E-state index contributed by atoms with van der Waals surface area (Å²) in [7, 11) is 0. The molecule has 0 saturated carbocycles. The molecule has 1 aromatic carbocycles. The molecule has 0 radical (unpaired) electrons. The molecule has 0 spiro atoms. The smallest absolute Gasteiger partial charge is 0.174 e. The second-order valence-corrected chi connectivity index (χ2v) is 6.55. The molecule has 2 aromatic heterocycles. The topological polar surface area (TPSA) is 69.4 Å². The van der Waals surface area contributed by atoms with Crippen LogP contribution in [0, 0.1) is 0 Å². The van der Waals surface area contributed by atoms with Gasteiger partial charge in [-0.25, -0.2) is 0 Å². The third-order valence-electron chi connectivity index (χ3n) is 4.40. The van der Waals surface area contributed by atoms with Crippen LogP contribution in [-0.2, 0) is 24.3 Å². The van der Waals surface area contributed by atoms with Crippen molar-refractivity contribution in [3.05, 3.63) is 77.9 Å². The largest absolute Gasteiger partial charge is 0.486 e. The van der Waals surface area contributed by atoms with Crippen molar-refractivity contribution in [2.24, 2.45) is 0 Å². The quantitative estimate of drug-likeness (QED) is 0.673. The van der Waals surface area contributed by atoms with Crippen LogP contribution in [-0.4, -0.2) is 28.9 Å². The Labute approximate surface area is 152 Å². The van der Waals surface area contributed by atoms with Crippen molar-refractivity contribution in [3.8, 4) is 5.75 Å². The SMILES string of the molecule is c1ccc(OCc2cc(CC3(NCc4cccnc4)COC3)no2)cc1. The summed E-state index contributed by atoms with van der Waals surface area (Å²) in [6.07, 6.45) is 4.40. The molecule has 0 aliphatic carbocycles. The van der Waals surface area contributed by atoms with E-state index in [4.69, 9.17) is 14.0 Å². The first-order valence-corrected chi connectivity index (χ1v) is 8.65. The van der Waals surface area contributed by atoms with Crippen molar-refractivity contribution in [2.75, 3.05) is 13.2 Å². The van der Waals surface area contributed by atoms with Gasteiger partial charge in [-0.3, -0.25) is 4.98 Å². The molecule has 134 valence electrons. The van der Waals surface area contributed by atoms with Gasteiger partial charge in [0.25, 0.3) is 0 Å². The highest BCUT2D eigenvalue weighted by atomic mass is 16.5. The van der Waals surface area contributed by atoms with E-state index in [9.17, 15) is 0 Å². The molecule has 6 nitrogen and oxygen atoms in total. The van der Waals surface area contributed by atoms with Gasteiger partial charge in [0.05, 0.1) is 24.4 Å². The van der Waals surface area contributed by atoms with Crippen molar-refractivity contribution in [3.63, 3.8) is 0 Å². The van der Waals surface area contributed by atoms with E-state index in [1.54, 1.807) is 6.20 Å². The van der Waals surface area contributed by atoms with Crippen LogP contribution in [0.2, 0.25) is 0 Å². The number of nitrogens with one attached hydrogen (secondary N) is 1. The van der Waals surface area contributed by atoms with Gasteiger partial charge in [0, 0.05) is 31.4 Å². The van der Waals surface area contributed by atoms with Crippen LogP contribution in [0.15, 0.2) is 65.4 Å². The third kappa shape index (κ3) is 4.09. The Morgan fingerprint density at radius 1 is 1.12 bits per heavy atom. The molecule has 3 aromatic rings. The first-order chi connectivity index (χ1) is 12.8. The highest BCUT2D eigenvalue weighted by Crippen LogP contribution is 2.23. The van der Waals surface area contributed by atoms with Gasteiger partial charge < -0.3 is 19.3 Å². The van der Waals surface area contributed by atoms with Crippen LogP contribution in [0.4, 0.5) is 0 Å². The van der Waals surface area contributed by atoms with Crippen LogP contribution in [0.25, 0.3) is 0 Å². The maximum atomic E-state index is 5.70. The van der Waals surface area contributed by atoms with Crippen LogP contribution >= 0.6 is 0 Å². The third-order valence-corrected chi connectivity index (χ3v) is 4.40. The minimum Gasteiger partial charge on any atom is -0.486 e. The molecule has 0 amide bonds. The molecule has 1 saturated heterocycles. The molecule has 1 N–H and O–H groups in total. The summed E-state index contributed by atoms with van der Waals surface area (Å²) in [4.78, 5) is 4.15. The van der Waals surface area contributed by atoms with Crippen molar-refractivity contribution in [1.82, 2.24) is 15.5 Å². The summed E-state index contributed by atoms with van der Waals surface area (Å²) in [6.45, 7) is 2.44. The van der Waals surface area contributed by atoms with Crippen molar-refractivity contribution < 1.29 is 14.0 Å². The van der Waals surface area contributed by atoms with Crippen LogP contribution in [0.3, 0.4) is 0 Å². The molecule has 6 heteroatoms. The predicted molar refractivity (Wildman–Crippen MR) is 95.6 cm³/mol. The fourth-order valence-corrected chi connectivity index (χ4v) is 2.93. The number of pyridine rings is 1. The number of para-hydroxylation sites is 1. The average molecular weight is 351 g/mol. The lowest BCUT2D eigenvalue weighted by atomic mass is 9.91. The maximum Gasteiger partial charge on any atom is 0.174 e. The second-order valence-electron chi connectivity index (χ2n) is 6.55. The normalized spacial score (nSPS) is 15.4. The van der Waals surface area contributed by atoms with Gasteiger partial charge in [0.1, 0.15) is 12.4 Å². The van der Waals surface area contributed by atoms with E-state index in [1.807, 2.05) is 48.7 Å². The minimum atomic E-state index is -0.107. The zero-order valence-electron chi connectivity index (χ0n) is 14.4. The molecule has 1 aliphatic rings. The Morgan fingerprint density at radius 3 is 2.73 bits per heavy atom.